The van der Waals surface area contributed by atoms with Gasteiger partial charge in [-0.3, -0.25) is 4.79 Å². The molecule has 1 unspecified atom stereocenters. The molecule has 0 aromatic heterocycles. The van der Waals surface area contributed by atoms with E-state index in [2.05, 4.69) is 11.9 Å². The third-order valence-electron chi connectivity index (χ3n) is 2.27. The zero-order valence-corrected chi connectivity index (χ0v) is 8.62. The summed E-state index contributed by atoms with van der Waals surface area (Å²) < 4.78 is 5.11. The molecule has 1 aliphatic rings. The van der Waals surface area contributed by atoms with Gasteiger partial charge in [-0.1, -0.05) is 0 Å². The molecule has 0 bridgehead atoms. The minimum atomic E-state index is 0.121. The SMILES string of the molecule is CC(=O)N(C)CCN(C)CC1CO1. The standard InChI is InChI=1S/C9H18N2O2/c1-8(12)11(3)5-4-10(2)6-9-7-13-9/h9H,4-7H2,1-3H3. The van der Waals surface area contributed by atoms with Crippen LogP contribution in [0.15, 0.2) is 0 Å². The van der Waals surface area contributed by atoms with Gasteiger partial charge in [0.15, 0.2) is 0 Å². The number of nitrogens with zero attached hydrogens (tertiary/aromatic N) is 2. The second kappa shape index (κ2) is 4.58. The Hall–Kier alpha value is -0.610. The first kappa shape index (κ1) is 10.5. The van der Waals surface area contributed by atoms with E-state index in [9.17, 15) is 4.79 Å². The number of rotatable bonds is 5. The first-order valence-electron chi connectivity index (χ1n) is 4.61. The average molecular weight is 186 g/mol. The van der Waals surface area contributed by atoms with Crippen molar-refractivity contribution in [2.75, 3.05) is 40.3 Å². The minimum absolute atomic E-state index is 0.121. The van der Waals surface area contributed by atoms with E-state index in [1.165, 1.54) is 0 Å². The van der Waals surface area contributed by atoms with Gasteiger partial charge < -0.3 is 14.5 Å². The molecule has 0 aromatic carbocycles. The molecule has 0 N–H and O–H groups in total. The van der Waals surface area contributed by atoms with Crippen molar-refractivity contribution in [1.82, 2.24) is 9.80 Å². The molecular weight excluding hydrogens is 168 g/mol. The van der Waals surface area contributed by atoms with Gasteiger partial charge in [0.1, 0.15) is 0 Å². The minimum Gasteiger partial charge on any atom is -0.372 e. The molecule has 1 saturated heterocycles. The topological polar surface area (TPSA) is 36.1 Å². The quantitative estimate of drug-likeness (QED) is 0.558. The van der Waals surface area contributed by atoms with Crippen LogP contribution in [0.2, 0.25) is 0 Å². The van der Waals surface area contributed by atoms with Crippen LogP contribution in [-0.2, 0) is 9.53 Å². The van der Waals surface area contributed by atoms with Crippen molar-refractivity contribution in [3.63, 3.8) is 0 Å². The summed E-state index contributed by atoms with van der Waals surface area (Å²) in [7, 11) is 3.87. The molecule has 1 aliphatic heterocycles. The number of amides is 1. The van der Waals surface area contributed by atoms with Crippen molar-refractivity contribution >= 4 is 5.91 Å². The second-order valence-corrected chi connectivity index (χ2v) is 3.66. The molecule has 4 heteroatoms. The fourth-order valence-electron chi connectivity index (χ4n) is 1.09. The van der Waals surface area contributed by atoms with Crippen LogP contribution in [0.5, 0.6) is 0 Å². The lowest BCUT2D eigenvalue weighted by Crippen LogP contribution is -2.34. The van der Waals surface area contributed by atoms with Crippen LogP contribution < -0.4 is 0 Å². The van der Waals surface area contributed by atoms with Crippen LogP contribution in [0.3, 0.4) is 0 Å². The monoisotopic (exact) mass is 186 g/mol. The molecule has 1 atom stereocenters. The van der Waals surface area contributed by atoms with E-state index >= 15 is 0 Å². The normalized spacial score (nSPS) is 20.5. The third-order valence-corrected chi connectivity index (χ3v) is 2.27. The Kier molecular flexibility index (Phi) is 3.69. The number of ether oxygens (including phenoxy) is 1. The molecule has 0 radical (unpaired) electrons. The lowest BCUT2D eigenvalue weighted by molar-refractivity contribution is -0.127. The fourth-order valence-corrected chi connectivity index (χ4v) is 1.09. The summed E-state index contributed by atoms with van der Waals surface area (Å²) in [5, 5.41) is 0. The molecule has 1 heterocycles. The molecule has 0 saturated carbocycles. The van der Waals surface area contributed by atoms with E-state index in [1.807, 2.05) is 7.05 Å². The zero-order chi connectivity index (χ0) is 9.84. The second-order valence-electron chi connectivity index (χ2n) is 3.66. The summed E-state index contributed by atoms with van der Waals surface area (Å²) in [4.78, 5) is 14.8. The smallest absolute Gasteiger partial charge is 0.219 e. The third kappa shape index (κ3) is 4.24. The highest BCUT2D eigenvalue weighted by molar-refractivity contribution is 5.72. The van der Waals surface area contributed by atoms with Crippen molar-refractivity contribution in [3.05, 3.63) is 0 Å². The lowest BCUT2D eigenvalue weighted by atomic mass is 10.4. The Morgan fingerprint density at radius 3 is 2.54 bits per heavy atom. The van der Waals surface area contributed by atoms with Gasteiger partial charge in [-0.25, -0.2) is 0 Å². The maximum absolute atomic E-state index is 10.9. The summed E-state index contributed by atoms with van der Waals surface area (Å²) in [6, 6.07) is 0. The number of likely N-dealkylation sites (N-methyl/N-ethyl adjacent to an activating group) is 2. The molecule has 13 heavy (non-hydrogen) atoms. The zero-order valence-electron chi connectivity index (χ0n) is 8.62. The van der Waals surface area contributed by atoms with Gasteiger partial charge in [0, 0.05) is 33.6 Å². The van der Waals surface area contributed by atoms with Gasteiger partial charge >= 0.3 is 0 Å². The Balaban J connectivity index is 2.05. The highest BCUT2D eigenvalue weighted by atomic mass is 16.6. The number of carbonyl (C=O) groups is 1. The average Bonchev–Trinajstić information content (AvgIpc) is 2.83. The molecule has 1 fully saturated rings. The van der Waals surface area contributed by atoms with Crippen molar-refractivity contribution in [2.24, 2.45) is 0 Å². The Labute approximate surface area is 79.4 Å². The highest BCUT2D eigenvalue weighted by Gasteiger charge is 2.23. The summed E-state index contributed by atoms with van der Waals surface area (Å²) in [5.41, 5.74) is 0. The van der Waals surface area contributed by atoms with Crippen LogP contribution >= 0.6 is 0 Å². The summed E-state index contributed by atoms with van der Waals surface area (Å²) in [5.74, 6) is 0.121. The van der Waals surface area contributed by atoms with Crippen molar-refractivity contribution in [2.45, 2.75) is 13.0 Å². The maximum Gasteiger partial charge on any atom is 0.219 e. The van der Waals surface area contributed by atoms with Crippen LogP contribution in [-0.4, -0.2) is 62.1 Å². The fraction of sp³-hybridized carbons (Fsp3) is 0.889. The molecule has 1 amide bonds. The Bertz CT molecular complexity index is 180. The van der Waals surface area contributed by atoms with Gasteiger partial charge in [0.2, 0.25) is 5.91 Å². The van der Waals surface area contributed by atoms with Gasteiger partial charge in [0.25, 0.3) is 0 Å². The van der Waals surface area contributed by atoms with Crippen LogP contribution in [0, 0.1) is 0 Å². The van der Waals surface area contributed by atoms with Crippen LogP contribution in [0.25, 0.3) is 0 Å². The largest absolute Gasteiger partial charge is 0.372 e. The number of epoxide rings is 1. The summed E-state index contributed by atoms with van der Waals surface area (Å²) >= 11 is 0. The molecular formula is C9H18N2O2. The maximum atomic E-state index is 10.9. The van der Waals surface area contributed by atoms with E-state index < -0.39 is 0 Å². The Morgan fingerprint density at radius 2 is 2.08 bits per heavy atom. The van der Waals surface area contributed by atoms with Crippen molar-refractivity contribution < 1.29 is 9.53 Å². The predicted molar refractivity (Wildman–Crippen MR) is 50.5 cm³/mol. The van der Waals surface area contributed by atoms with E-state index in [1.54, 1.807) is 11.8 Å². The van der Waals surface area contributed by atoms with E-state index in [0.717, 1.165) is 26.2 Å². The van der Waals surface area contributed by atoms with Crippen LogP contribution in [0.4, 0.5) is 0 Å². The molecule has 1 rings (SSSR count). The molecule has 4 nitrogen and oxygen atoms in total. The van der Waals surface area contributed by atoms with Gasteiger partial charge in [-0.05, 0) is 7.05 Å². The van der Waals surface area contributed by atoms with Crippen LogP contribution in [0.1, 0.15) is 6.92 Å². The molecule has 0 spiro atoms. The van der Waals surface area contributed by atoms with E-state index in [-0.39, 0.29) is 5.91 Å². The summed E-state index contributed by atoms with van der Waals surface area (Å²) in [6.45, 7) is 5.16. The molecule has 0 aliphatic carbocycles. The summed E-state index contributed by atoms with van der Waals surface area (Å²) in [6.07, 6.45) is 0.438. The molecule has 0 aromatic rings. The van der Waals surface area contributed by atoms with E-state index in [4.69, 9.17) is 4.74 Å². The predicted octanol–water partition coefficient (Wildman–Crippen LogP) is -0.205. The first-order chi connectivity index (χ1) is 6.09. The number of hydrogen-bond acceptors (Lipinski definition) is 3. The van der Waals surface area contributed by atoms with Crippen molar-refractivity contribution in [1.29, 1.82) is 0 Å². The number of carbonyl (C=O) groups excluding carboxylic acids is 1. The lowest BCUT2D eigenvalue weighted by Gasteiger charge is -2.20. The highest BCUT2D eigenvalue weighted by Crippen LogP contribution is 2.09. The van der Waals surface area contributed by atoms with Gasteiger partial charge in [-0.2, -0.15) is 0 Å². The van der Waals surface area contributed by atoms with Crippen molar-refractivity contribution in [3.8, 4) is 0 Å². The Morgan fingerprint density at radius 1 is 1.46 bits per heavy atom. The van der Waals surface area contributed by atoms with Gasteiger partial charge in [-0.15, -0.1) is 0 Å². The van der Waals surface area contributed by atoms with E-state index in [0.29, 0.717) is 6.10 Å². The number of hydrogen-bond donors (Lipinski definition) is 0. The first-order valence-corrected chi connectivity index (χ1v) is 4.61. The molecule has 76 valence electrons. The van der Waals surface area contributed by atoms with Gasteiger partial charge in [0.05, 0.1) is 12.7 Å².